The summed E-state index contributed by atoms with van der Waals surface area (Å²) in [7, 11) is 0. The molecule has 3 nitrogen and oxygen atoms in total. The minimum atomic E-state index is -1.31. The molecule has 2 aromatic rings. The van der Waals surface area contributed by atoms with Gasteiger partial charge in [-0.05, 0) is 58.5 Å². The van der Waals surface area contributed by atoms with Gasteiger partial charge in [0.25, 0.3) is 5.91 Å². The van der Waals surface area contributed by atoms with Crippen LogP contribution in [0.2, 0.25) is 0 Å². The lowest BCUT2D eigenvalue weighted by atomic mass is 10.1. The molecule has 1 amide bonds. The SMILES string of the molecule is NC(=O)c1cc(Br)c(F)c(F)c1Nc1ccc(C2CC2)cc1F. The third-order valence-corrected chi connectivity index (χ3v) is 4.31. The smallest absolute Gasteiger partial charge is 0.250 e. The first-order chi connectivity index (χ1) is 10.9. The third-order valence-electron chi connectivity index (χ3n) is 3.73. The lowest BCUT2D eigenvalue weighted by Crippen LogP contribution is -2.15. The molecule has 1 saturated carbocycles. The second-order valence-corrected chi connectivity index (χ2v) is 6.27. The second kappa shape index (κ2) is 5.88. The van der Waals surface area contributed by atoms with Gasteiger partial charge in [-0.15, -0.1) is 0 Å². The predicted molar refractivity (Wildman–Crippen MR) is 84.2 cm³/mol. The highest BCUT2D eigenvalue weighted by Crippen LogP contribution is 2.41. The summed E-state index contributed by atoms with van der Waals surface area (Å²) in [5.41, 5.74) is 5.23. The van der Waals surface area contributed by atoms with Crippen LogP contribution >= 0.6 is 15.9 Å². The van der Waals surface area contributed by atoms with Crippen LogP contribution in [0, 0.1) is 17.5 Å². The van der Waals surface area contributed by atoms with E-state index in [4.69, 9.17) is 5.73 Å². The average Bonchev–Trinajstić information content (AvgIpc) is 3.33. The van der Waals surface area contributed by atoms with Crippen molar-refractivity contribution in [2.24, 2.45) is 5.73 Å². The molecule has 1 fully saturated rings. The molecule has 0 atom stereocenters. The van der Waals surface area contributed by atoms with Crippen molar-refractivity contribution in [1.82, 2.24) is 0 Å². The Balaban J connectivity index is 2.02. The fraction of sp³-hybridized carbons (Fsp3) is 0.188. The third kappa shape index (κ3) is 3.06. The number of anilines is 2. The minimum absolute atomic E-state index is 0.0578. The number of halogens is 4. The van der Waals surface area contributed by atoms with Gasteiger partial charge in [-0.25, -0.2) is 13.2 Å². The van der Waals surface area contributed by atoms with Gasteiger partial charge in [-0.3, -0.25) is 4.79 Å². The Morgan fingerprint density at radius 1 is 1.17 bits per heavy atom. The maximum absolute atomic E-state index is 14.2. The maximum atomic E-state index is 14.2. The lowest BCUT2D eigenvalue weighted by Gasteiger charge is -2.14. The van der Waals surface area contributed by atoms with Gasteiger partial charge >= 0.3 is 0 Å². The van der Waals surface area contributed by atoms with Crippen LogP contribution in [0.3, 0.4) is 0 Å². The Morgan fingerprint density at radius 2 is 1.87 bits per heavy atom. The van der Waals surface area contributed by atoms with Gasteiger partial charge in [0.05, 0.1) is 21.4 Å². The molecule has 0 unspecified atom stereocenters. The Hall–Kier alpha value is -2.02. The number of primary amides is 1. The van der Waals surface area contributed by atoms with Crippen molar-refractivity contribution in [3.8, 4) is 0 Å². The molecule has 23 heavy (non-hydrogen) atoms. The van der Waals surface area contributed by atoms with Crippen LogP contribution in [-0.4, -0.2) is 5.91 Å². The zero-order chi connectivity index (χ0) is 16.7. The number of nitrogens with two attached hydrogens (primary N) is 1. The van der Waals surface area contributed by atoms with Crippen molar-refractivity contribution in [2.45, 2.75) is 18.8 Å². The summed E-state index contributed by atoms with van der Waals surface area (Å²) >= 11 is 2.81. The number of nitrogens with one attached hydrogen (secondary N) is 1. The van der Waals surface area contributed by atoms with Crippen molar-refractivity contribution in [3.05, 3.63) is 57.3 Å². The topological polar surface area (TPSA) is 55.1 Å². The summed E-state index contributed by atoms with van der Waals surface area (Å²) < 4.78 is 41.8. The molecule has 0 radical (unpaired) electrons. The lowest BCUT2D eigenvalue weighted by molar-refractivity contribution is 0.100. The van der Waals surface area contributed by atoms with E-state index in [1.165, 1.54) is 12.1 Å². The van der Waals surface area contributed by atoms with E-state index in [1.807, 2.05) is 0 Å². The molecule has 3 N–H and O–H groups in total. The molecule has 7 heteroatoms. The number of hydrogen-bond acceptors (Lipinski definition) is 2. The first kappa shape index (κ1) is 15.9. The van der Waals surface area contributed by atoms with E-state index in [-0.39, 0.29) is 15.7 Å². The first-order valence-electron chi connectivity index (χ1n) is 6.92. The van der Waals surface area contributed by atoms with Crippen LogP contribution in [0.1, 0.15) is 34.7 Å². The number of amides is 1. The second-order valence-electron chi connectivity index (χ2n) is 5.41. The average molecular weight is 385 g/mol. The largest absolute Gasteiger partial charge is 0.366 e. The highest BCUT2D eigenvalue weighted by molar-refractivity contribution is 9.10. The molecule has 0 spiro atoms. The van der Waals surface area contributed by atoms with Crippen LogP contribution in [0.4, 0.5) is 24.5 Å². The number of benzene rings is 2. The van der Waals surface area contributed by atoms with E-state index in [2.05, 4.69) is 21.2 Å². The van der Waals surface area contributed by atoms with Gasteiger partial charge in [0.1, 0.15) is 5.82 Å². The van der Waals surface area contributed by atoms with E-state index < -0.39 is 29.0 Å². The number of carbonyl (C=O) groups is 1. The summed E-state index contributed by atoms with van der Waals surface area (Å²) in [6, 6.07) is 5.57. The molecule has 0 bridgehead atoms. The molecule has 2 aromatic carbocycles. The van der Waals surface area contributed by atoms with Crippen molar-refractivity contribution in [2.75, 3.05) is 5.32 Å². The van der Waals surface area contributed by atoms with Gasteiger partial charge in [0, 0.05) is 0 Å². The fourth-order valence-corrected chi connectivity index (χ4v) is 2.75. The Morgan fingerprint density at radius 3 is 2.43 bits per heavy atom. The molecular weight excluding hydrogens is 373 g/mol. The van der Waals surface area contributed by atoms with Crippen molar-refractivity contribution < 1.29 is 18.0 Å². The van der Waals surface area contributed by atoms with Gasteiger partial charge in [-0.1, -0.05) is 6.07 Å². The van der Waals surface area contributed by atoms with Gasteiger partial charge in [-0.2, -0.15) is 0 Å². The van der Waals surface area contributed by atoms with Crippen LogP contribution in [0.15, 0.2) is 28.7 Å². The Kier molecular flexibility index (Phi) is 4.06. The van der Waals surface area contributed by atoms with E-state index in [0.717, 1.165) is 24.5 Å². The summed E-state index contributed by atoms with van der Waals surface area (Å²) in [5, 5.41) is 2.43. The predicted octanol–water partition coefficient (Wildman–Crippen LogP) is 4.59. The Bertz CT molecular complexity index is 806. The van der Waals surface area contributed by atoms with Crippen LogP contribution in [-0.2, 0) is 0 Å². The van der Waals surface area contributed by atoms with Crippen molar-refractivity contribution in [3.63, 3.8) is 0 Å². The molecule has 0 aliphatic heterocycles. The standard InChI is InChI=1S/C16H12BrF3N2O/c17-10-6-9(16(21)23)15(14(20)13(10)19)22-12-4-3-8(5-11(12)18)7-1-2-7/h3-7,22H,1-2H2,(H2,21,23). The van der Waals surface area contributed by atoms with Gasteiger partial charge in [0.2, 0.25) is 0 Å². The maximum Gasteiger partial charge on any atom is 0.250 e. The van der Waals surface area contributed by atoms with E-state index in [9.17, 15) is 18.0 Å². The Labute approximate surface area is 138 Å². The normalized spacial score (nSPS) is 13.9. The summed E-state index contributed by atoms with van der Waals surface area (Å²) in [4.78, 5) is 11.4. The molecule has 1 aliphatic carbocycles. The highest BCUT2D eigenvalue weighted by atomic mass is 79.9. The van der Waals surface area contributed by atoms with Crippen LogP contribution < -0.4 is 11.1 Å². The van der Waals surface area contributed by atoms with E-state index in [0.29, 0.717) is 5.92 Å². The molecule has 1 aliphatic rings. The fourth-order valence-electron chi connectivity index (χ4n) is 2.35. The summed E-state index contributed by atoms with van der Waals surface area (Å²) in [5.74, 6) is -3.69. The van der Waals surface area contributed by atoms with Gasteiger partial charge < -0.3 is 11.1 Å². The molecule has 0 heterocycles. The summed E-state index contributed by atoms with van der Waals surface area (Å²) in [6.45, 7) is 0. The molecule has 0 saturated heterocycles. The monoisotopic (exact) mass is 384 g/mol. The van der Waals surface area contributed by atoms with Crippen molar-refractivity contribution >= 4 is 33.2 Å². The molecule has 120 valence electrons. The van der Waals surface area contributed by atoms with Gasteiger partial charge in [0.15, 0.2) is 11.6 Å². The number of rotatable bonds is 4. The first-order valence-corrected chi connectivity index (χ1v) is 7.71. The molecule has 0 aromatic heterocycles. The summed E-state index contributed by atoms with van der Waals surface area (Å²) in [6.07, 6.45) is 2.04. The van der Waals surface area contributed by atoms with E-state index >= 15 is 0 Å². The van der Waals surface area contributed by atoms with E-state index in [1.54, 1.807) is 6.07 Å². The zero-order valence-corrected chi connectivity index (χ0v) is 13.4. The zero-order valence-electron chi connectivity index (χ0n) is 11.8. The minimum Gasteiger partial charge on any atom is -0.366 e. The quantitative estimate of drug-likeness (QED) is 0.757. The molecular formula is C16H12BrF3N2O. The number of carbonyl (C=O) groups excluding carboxylic acids is 1. The van der Waals surface area contributed by atoms with Crippen LogP contribution in [0.25, 0.3) is 0 Å². The number of hydrogen-bond donors (Lipinski definition) is 2. The highest BCUT2D eigenvalue weighted by Gasteiger charge is 2.25. The van der Waals surface area contributed by atoms with Crippen LogP contribution in [0.5, 0.6) is 0 Å². The molecule has 3 rings (SSSR count). The van der Waals surface area contributed by atoms with Crippen molar-refractivity contribution in [1.29, 1.82) is 0 Å².